The zero-order chi connectivity index (χ0) is 12.3. The molecule has 2 amide bonds. The van der Waals surface area contributed by atoms with Crippen molar-refractivity contribution in [2.45, 2.75) is 6.92 Å². The summed E-state index contributed by atoms with van der Waals surface area (Å²) in [6, 6.07) is 3.72. The van der Waals surface area contributed by atoms with E-state index >= 15 is 0 Å². The van der Waals surface area contributed by atoms with Crippen LogP contribution in [0.3, 0.4) is 0 Å². The van der Waals surface area contributed by atoms with E-state index in [9.17, 15) is 9.18 Å². The molecule has 0 saturated carbocycles. The fraction of sp³-hybridized carbons (Fsp3) is 0.200. The molecular weight excluding hydrogens is 211 g/mol. The van der Waals surface area contributed by atoms with E-state index in [1.165, 1.54) is 19.2 Å². The Morgan fingerprint density at radius 1 is 1.56 bits per heavy atom. The molecule has 6 heteroatoms. The van der Waals surface area contributed by atoms with Crippen molar-refractivity contribution in [3.05, 3.63) is 29.6 Å². The van der Waals surface area contributed by atoms with Crippen molar-refractivity contribution in [3.63, 3.8) is 0 Å². The molecule has 0 bridgehead atoms. The smallest absolute Gasteiger partial charge is 0.328 e. The predicted octanol–water partition coefficient (Wildman–Crippen LogP) is 1.17. The highest BCUT2D eigenvalue weighted by molar-refractivity contribution is 6.14. The molecule has 0 radical (unpaired) electrons. The van der Waals surface area contributed by atoms with Gasteiger partial charge in [-0.15, -0.1) is 0 Å². The van der Waals surface area contributed by atoms with Gasteiger partial charge in [0, 0.05) is 7.05 Å². The fourth-order valence-electron chi connectivity index (χ4n) is 1.35. The van der Waals surface area contributed by atoms with Crippen molar-refractivity contribution in [1.29, 1.82) is 5.41 Å². The second-order valence-electron chi connectivity index (χ2n) is 3.18. The Balaban J connectivity index is 3.32. The number of nitrogens with two attached hydrogens (primary N) is 1. The number of carbonyl (C=O) groups is 1. The highest BCUT2D eigenvalue weighted by Crippen LogP contribution is 2.23. The lowest BCUT2D eigenvalue weighted by molar-refractivity contribution is 0.250. The fourth-order valence-corrected chi connectivity index (χ4v) is 1.35. The SMILES string of the molecule is CNC(=O)N(C(=N)N)c1c(C)cccc1F. The van der Waals surface area contributed by atoms with Crippen LogP contribution >= 0.6 is 0 Å². The number of carbonyl (C=O) groups excluding carboxylic acids is 1. The van der Waals surface area contributed by atoms with Crippen molar-refractivity contribution in [2.75, 3.05) is 11.9 Å². The van der Waals surface area contributed by atoms with Gasteiger partial charge in [-0.2, -0.15) is 0 Å². The number of urea groups is 1. The lowest BCUT2D eigenvalue weighted by Crippen LogP contribution is -2.46. The molecular formula is C10H13FN4O. The van der Waals surface area contributed by atoms with Crippen LogP contribution in [0, 0.1) is 18.2 Å². The van der Waals surface area contributed by atoms with E-state index in [-0.39, 0.29) is 5.69 Å². The van der Waals surface area contributed by atoms with E-state index in [1.54, 1.807) is 13.0 Å². The molecule has 1 aromatic rings. The van der Waals surface area contributed by atoms with Gasteiger partial charge in [0.15, 0.2) is 0 Å². The summed E-state index contributed by atoms with van der Waals surface area (Å²) in [6.07, 6.45) is 0. The molecule has 0 spiro atoms. The molecule has 16 heavy (non-hydrogen) atoms. The van der Waals surface area contributed by atoms with E-state index < -0.39 is 17.8 Å². The number of para-hydroxylation sites is 1. The molecule has 1 aromatic carbocycles. The highest BCUT2D eigenvalue weighted by Gasteiger charge is 2.22. The number of benzene rings is 1. The summed E-state index contributed by atoms with van der Waals surface area (Å²) in [7, 11) is 1.38. The van der Waals surface area contributed by atoms with Crippen molar-refractivity contribution >= 4 is 17.7 Å². The first-order valence-corrected chi connectivity index (χ1v) is 4.60. The van der Waals surface area contributed by atoms with Gasteiger partial charge in [-0.25, -0.2) is 14.1 Å². The molecule has 0 fully saturated rings. The van der Waals surface area contributed by atoms with Gasteiger partial charge in [0.1, 0.15) is 5.82 Å². The van der Waals surface area contributed by atoms with Crippen LogP contribution in [-0.4, -0.2) is 19.0 Å². The number of amides is 2. The summed E-state index contributed by atoms with van der Waals surface area (Å²) in [4.78, 5) is 12.3. The molecule has 0 aliphatic heterocycles. The van der Waals surface area contributed by atoms with Crippen LogP contribution in [0.25, 0.3) is 0 Å². The van der Waals surface area contributed by atoms with Crippen molar-refractivity contribution in [1.82, 2.24) is 5.32 Å². The number of aryl methyl sites for hydroxylation is 1. The third-order valence-corrected chi connectivity index (χ3v) is 2.07. The minimum atomic E-state index is -0.652. The first-order valence-electron chi connectivity index (χ1n) is 4.60. The molecule has 0 aromatic heterocycles. The number of guanidine groups is 1. The lowest BCUT2D eigenvalue weighted by atomic mass is 10.2. The summed E-state index contributed by atoms with van der Waals surface area (Å²) in [5.74, 6) is -1.13. The number of halogens is 1. The standard InChI is InChI=1S/C10H13FN4O/c1-6-4-3-5-7(11)8(6)15(9(12)13)10(16)14-2/h3-5H,1-2H3,(H3,12,13)(H,14,16). The number of nitrogens with zero attached hydrogens (tertiary/aromatic N) is 1. The van der Waals surface area contributed by atoms with Crippen LogP contribution < -0.4 is 16.0 Å². The molecule has 0 saturated heterocycles. The Kier molecular flexibility index (Phi) is 3.44. The number of rotatable bonds is 1. The predicted molar refractivity (Wildman–Crippen MR) is 60.0 cm³/mol. The van der Waals surface area contributed by atoms with Crippen LogP contribution in [0.2, 0.25) is 0 Å². The number of hydrogen-bond donors (Lipinski definition) is 3. The Morgan fingerprint density at radius 3 is 2.62 bits per heavy atom. The molecule has 0 atom stereocenters. The number of nitrogens with one attached hydrogen (secondary N) is 2. The Bertz CT molecular complexity index is 413. The van der Waals surface area contributed by atoms with Gasteiger partial charge >= 0.3 is 6.03 Å². The van der Waals surface area contributed by atoms with Crippen LogP contribution in [0.4, 0.5) is 14.9 Å². The van der Waals surface area contributed by atoms with Gasteiger partial charge in [-0.3, -0.25) is 5.41 Å². The maximum absolute atomic E-state index is 13.6. The van der Waals surface area contributed by atoms with Crippen molar-refractivity contribution in [3.8, 4) is 0 Å². The van der Waals surface area contributed by atoms with E-state index in [1.807, 2.05) is 0 Å². The van der Waals surface area contributed by atoms with E-state index in [4.69, 9.17) is 11.1 Å². The monoisotopic (exact) mass is 224 g/mol. The molecule has 4 N–H and O–H groups in total. The van der Waals surface area contributed by atoms with Gasteiger partial charge < -0.3 is 11.1 Å². The van der Waals surface area contributed by atoms with Gasteiger partial charge in [-0.1, -0.05) is 12.1 Å². The maximum Gasteiger partial charge on any atom is 0.328 e. The Morgan fingerprint density at radius 2 is 2.19 bits per heavy atom. The second kappa shape index (κ2) is 4.61. The first kappa shape index (κ1) is 12.0. The second-order valence-corrected chi connectivity index (χ2v) is 3.18. The highest BCUT2D eigenvalue weighted by atomic mass is 19.1. The van der Waals surface area contributed by atoms with Gasteiger partial charge in [0.25, 0.3) is 0 Å². The first-order chi connectivity index (χ1) is 7.49. The zero-order valence-corrected chi connectivity index (χ0v) is 9.04. The average Bonchev–Trinajstić information content (AvgIpc) is 2.22. The summed E-state index contributed by atoms with van der Waals surface area (Å²) in [6.45, 7) is 1.64. The van der Waals surface area contributed by atoms with Crippen molar-refractivity contribution < 1.29 is 9.18 Å². The molecule has 0 aliphatic carbocycles. The lowest BCUT2D eigenvalue weighted by Gasteiger charge is -2.22. The molecule has 0 heterocycles. The van der Waals surface area contributed by atoms with E-state index in [0.29, 0.717) is 5.56 Å². The summed E-state index contributed by atoms with van der Waals surface area (Å²) < 4.78 is 13.6. The Hall–Kier alpha value is -2.11. The average molecular weight is 224 g/mol. The van der Waals surface area contributed by atoms with E-state index in [2.05, 4.69) is 5.32 Å². The van der Waals surface area contributed by atoms with Gasteiger partial charge in [0.2, 0.25) is 5.96 Å². The van der Waals surface area contributed by atoms with Crippen LogP contribution in [0.5, 0.6) is 0 Å². The molecule has 1 rings (SSSR count). The van der Waals surface area contributed by atoms with Crippen LogP contribution in [0.15, 0.2) is 18.2 Å². The largest absolute Gasteiger partial charge is 0.369 e. The quantitative estimate of drug-likeness (QED) is 0.494. The van der Waals surface area contributed by atoms with Crippen LogP contribution in [-0.2, 0) is 0 Å². The Labute approximate surface area is 92.6 Å². The van der Waals surface area contributed by atoms with Crippen LogP contribution in [0.1, 0.15) is 5.56 Å². The van der Waals surface area contributed by atoms with Gasteiger partial charge in [-0.05, 0) is 18.6 Å². The third-order valence-electron chi connectivity index (χ3n) is 2.07. The van der Waals surface area contributed by atoms with E-state index in [0.717, 1.165) is 4.90 Å². The third kappa shape index (κ3) is 2.10. The summed E-state index contributed by atoms with van der Waals surface area (Å²) in [5.41, 5.74) is 5.79. The summed E-state index contributed by atoms with van der Waals surface area (Å²) in [5, 5.41) is 9.59. The minimum Gasteiger partial charge on any atom is -0.369 e. The number of anilines is 1. The molecule has 5 nitrogen and oxygen atoms in total. The minimum absolute atomic E-state index is 0.00523. The normalized spacial score (nSPS) is 9.69. The number of hydrogen-bond acceptors (Lipinski definition) is 2. The summed E-state index contributed by atoms with van der Waals surface area (Å²) >= 11 is 0. The maximum atomic E-state index is 13.6. The van der Waals surface area contributed by atoms with Crippen molar-refractivity contribution in [2.24, 2.45) is 5.73 Å². The van der Waals surface area contributed by atoms with Gasteiger partial charge in [0.05, 0.1) is 5.69 Å². The topological polar surface area (TPSA) is 82.2 Å². The molecule has 86 valence electrons. The molecule has 0 unspecified atom stereocenters. The molecule has 0 aliphatic rings. The zero-order valence-electron chi connectivity index (χ0n) is 9.04.